The number of rotatable bonds is 7. The van der Waals surface area contributed by atoms with E-state index < -0.39 is 43.1 Å². The Morgan fingerprint density at radius 2 is 1.69 bits per heavy atom. The SMILES string of the molecule is COC(=O)c1c(Cc2c(OC)ccc([C@@H]3O[C@H](CO)[C@@H](O)[C@H](O)[C@H]3O)c2OC)cc2cccccc1-2. The molecule has 3 aliphatic rings. The van der Waals surface area contributed by atoms with Crippen LogP contribution in [0.2, 0.25) is 0 Å². The van der Waals surface area contributed by atoms with Gasteiger partial charge in [0.2, 0.25) is 0 Å². The highest BCUT2D eigenvalue weighted by Gasteiger charge is 2.45. The van der Waals surface area contributed by atoms with Gasteiger partial charge in [-0.05, 0) is 34.9 Å². The minimum atomic E-state index is -1.54. The number of methoxy groups -OCH3 is 3. The van der Waals surface area contributed by atoms with Gasteiger partial charge >= 0.3 is 5.97 Å². The quantitative estimate of drug-likeness (QED) is 0.359. The molecule has 5 atom stereocenters. The van der Waals surface area contributed by atoms with E-state index in [2.05, 4.69) is 0 Å². The Labute approximate surface area is 208 Å². The zero-order valence-corrected chi connectivity index (χ0v) is 20.2. The molecule has 1 aliphatic heterocycles. The summed E-state index contributed by atoms with van der Waals surface area (Å²) < 4.78 is 22.2. The van der Waals surface area contributed by atoms with Gasteiger partial charge in [-0.3, -0.25) is 0 Å². The first-order valence-electron chi connectivity index (χ1n) is 11.5. The fourth-order valence-corrected chi connectivity index (χ4v) is 4.83. The van der Waals surface area contributed by atoms with E-state index in [9.17, 15) is 25.2 Å². The van der Waals surface area contributed by atoms with Crippen molar-refractivity contribution >= 4 is 5.97 Å². The molecule has 1 aromatic rings. The Hall–Kier alpha value is -3.21. The van der Waals surface area contributed by atoms with Gasteiger partial charge in [0.15, 0.2) is 0 Å². The molecule has 36 heavy (non-hydrogen) atoms. The van der Waals surface area contributed by atoms with Crippen LogP contribution >= 0.6 is 0 Å². The summed E-state index contributed by atoms with van der Waals surface area (Å²) in [5.41, 5.74) is 3.69. The number of carbonyl (C=O) groups is 1. The van der Waals surface area contributed by atoms with Crippen LogP contribution in [0, 0.1) is 0 Å². The monoisotopic (exact) mass is 498 g/mol. The first-order valence-corrected chi connectivity index (χ1v) is 11.5. The number of benzene rings is 1. The van der Waals surface area contributed by atoms with Crippen LogP contribution in [0.5, 0.6) is 11.5 Å². The van der Waals surface area contributed by atoms with E-state index in [1.54, 1.807) is 12.1 Å². The summed E-state index contributed by atoms with van der Waals surface area (Å²) in [5.74, 6) is 0.325. The average Bonchev–Trinajstić information content (AvgIpc) is 3.06. The molecule has 0 bridgehead atoms. The van der Waals surface area contributed by atoms with Crippen LogP contribution in [0.4, 0.5) is 0 Å². The number of aliphatic hydroxyl groups excluding tert-OH is 4. The maximum atomic E-state index is 12.8. The van der Waals surface area contributed by atoms with Crippen LogP contribution in [0.25, 0.3) is 11.1 Å². The normalized spacial score (nSPS) is 23.9. The molecule has 4 N–H and O–H groups in total. The Balaban J connectivity index is 1.85. The van der Waals surface area contributed by atoms with Crippen LogP contribution in [0.1, 0.15) is 33.2 Å². The number of hydrogen-bond acceptors (Lipinski definition) is 9. The van der Waals surface area contributed by atoms with Crippen molar-refractivity contribution in [1.82, 2.24) is 0 Å². The van der Waals surface area contributed by atoms with Crippen LogP contribution < -0.4 is 9.47 Å². The Bertz CT molecular complexity index is 1190. The van der Waals surface area contributed by atoms with Crippen molar-refractivity contribution in [2.45, 2.75) is 36.9 Å². The standard InChI is InChI=1S/C27H30O9/c1-33-19-10-9-17(26-24(31)23(30)22(29)20(13-28)36-26)25(34-2)18(19)12-15-11-14-7-5-4-6-8-16(14)21(15)27(32)35-3/h4-11,20,22-24,26,28-31H,12-13H2,1-3H3/t20-,22-,23+,24-,26+/m1/s1. The van der Waals surface area contributed by atoms with Crippen molar-refractivity contribution in [3.63, 3.8) is 0 Å². The Kier molecular flexibility index (Phi) is 7.77. The molecule has 1 saturated heterocycles. The molecule has 0 aromatic heterocycles. The maximum absolute atomic E-state index is 12.8. The van der Waals surface area contributed by atoms with Crippen molar-refractivity contribution in [1.29, 1.82) is 0 Å². The molecule has 192 valence electrons. The van der Waals surface area contributed by atoms with E-state index in [1.807, 2.05) is 36.4 Å². The third-order valence-corrected chi connectivity index (χ3v) is 6.62. The van der Waals surface area contributed by atoms with Crippen LogP contribution in [0.15, 0.2) is 48.5 Å². The Morgan fingerprint density at radius 3 is 2.36 bits per heavy atom. The number of aliphatic hydroxyl groups is 4. The largest absolute Gasteiger partial charge is 0.496 e. The lowest BCUT2D eigenvalue weighted by molar-refractivity contribution is -0.232. The summed E-state index contributed by atoms with van der Waals surface area (Å²) >= 11 is 0. The van der Waals surface area contributed by atoms with E-state index in [4.69, 9.17) is 18.9 Å². The number of esters is 1. The van der Waals surface area contributed by atoms with Gasteiger partial charge in [-0.25, -0.2) is 4.79 Å². The molecule has 0 saturated carbocycles. The highest BCUT2D eigenvalue weighted by molar-refractivity contribution is 6.01. The molecule has 4 rings (SSSR count). The highest BCUT2D eigenvalue weighted by atomic mass is 16.5. The highest BCUT2D eigenvalue weighted by Crippen LogP contribution is 2.43. The topological polar surface area (TPSA) is 135 Å². The summed E-state index contributed by atoms with van der Waals surface area (Å²) in [6, 6.07) is 14.6. The van der Waals surface area contributed by atoms with Gasteiger partial charge in [0, 0.05) is 17.5 Å². The summed E-state index contributed by atoms with van der Waals surface area (Å²) in [6.45, 7) is -0.549. The third kappa shape index (κ3) is 4.52. The summed E-state index contributed by atoms with van der Waals surface area (Å²) in [4.78, 5) is 12.8. The second-order valence-electron chi connectivity index (χ2n) is 8.61. The second-order valence-corrected chi connectivity index (χ2v) is 8.61. The predicted molar refractivity (Wildman–Crippen MR) is 129 cm³/mol. The van der Waals surface area contributed by atoms with Gasteiger partial charge < -0.3 is 39.4 Å². The lowest BCUT2D eigenvalue weighted by Gasteiger charge is -2.40. The van der Waals surface area contributed by atoms with Crippen molar-refractivity contribution in [2.75, 3.05) is 27.9 Å². The second kappa shape index (κ2) is 10.8. The van der Waals surface area contributed by atoms with Crippen molar-refractivity contribution in [3.8, 4) is 22.6 Å². The zero-order chi connectivity index (χ0) is 26.0. The minimum absolute atomic E-state index is 0.223. The lowest BCUT2D eigenvalue weighted by atomic mass is 9.89. The van der Waals surface area contributed by atoms with Gasteiger partial charge in [0.25, 0.3) is 0 Å². The third-order valence-electron chi connectivity index (χ3n) is 6.62. The van der Waals surface area contributed by atoms with Crippen LogP contribution in [0.3, 0.4) is 0 Å². The molecule has 1 fully saturated rings. The number of carbonyl (C=O) groups excluding carboxylic acids is 1. The van der Waals surface area contributed by atoms with E-state index >= 15 is 0 Å². The van der Waals surface area contributed by atoms with Gasteiger partial charge in [-0.2, -0.15) is 0 Å². The van der Waals surface area contributed by atoms with Gasteiger partial charge in [-0.1, -0.05) is 30.3 Å². The first kappa shape index (κ1) is 25.9. The Morgan fingerprint density at radius 1 is 0.944 bits per heavy atom. The van der Waals surface area contributed by atoms with Gasteiger partial charge in [0.1, 0.15) is 42.0 Å². The molecule has 2 aliphatic carbocycles. The van der Waals surface area contributed by atoms with Gasteiger partial charge in [-0.15, -0.1) is 0 Å². The summed E-state index contributed by atoms with van der Waals surface area (Å²) in [7, 11) is 4.29. The molecule has 9 nitrogen and oxygen atoms in total. The molecule has 0 amide bonds. The molecule has 1 heterocycles. The number of hydrogen-bond donors (Lipinski definition) is 4. The van der Waals surface area contributed by atoms with E-state index in [-0.39, 0.29) is 6.42 Å². The molecule has 9 heteroatoms. The predicted octanol–water partition coefficient (Wildman–Crippen LogP) is 1.70. The molecule has 0 radical (unpaired) electrons. The number of ether oxygens (including phenoxy) is 4. The maximum Gasteiger partial charge on any atom is 0.338 e. The zero-order valence-electron chi connectivity index (χ0n) is 20.2. The molecular weight excluding hydrogens is 468 g/mol. The first-order chi connectivity index (χ1) is 17.4. The molecule has 1 aromatic carbocycles. The van der Waals surface area contributed by atoms with E-state index in [0.29, 0.717) is 33.8 Å². The minimum Gasteiger partial charge on any atom is -0.496 e. The van der Waals surface area contributed by atoms with E-state index in [0.717, 1.165) is 11.1 Å². The molecule has 0 spiro atoms. The number of fused-ring (bicyclic) bond motifs is 1. The fourth-order valence-electron chi connectivity index (χ4n) is 4.83. The lowest BCUT2D eigenvalue weighted by Crippen LogP contribution is -2.55. The van der Waals surface area contributed by atoms with Crippen LogP contribution in [-0.4, -0.2) is 78.7 Å². The van der Waals surface area contributed by atoms with Crippen LogP contribution in [-0.2, 0) is 15.9 Å². The van der Waals surface area contributed by atoms with Crippen molar-refractivity contribution < 1.29 is 44.2 Å². The fraction of sp³-hybridized carbons (Fsp3) is 0.370. The van der Waals surface area contributed by atoms with E-state index in [1.165, 1.54) is 21.3 Å². The van der Waals surface area contributed by atoms with Crippen molar-refractivity contribution in [2.24, 2.45) is 0 Å². The van der Waals surface area contributed by atoms with Gasteiger partial charge in [0.05, 0.1) is 33.5 Å². The summed E-state index contributed by atoms with van der Waals surface area (Å²) in [6.07, 6.45) is -6.45. The summed E-state index contributed by atoms with van der Waals surface area (Å²) in [5, 5.41) is 40.8. The molecule has 0 unspecified atom stereocenters. The average molecular weight is 499 g/mol. The molecular formula is C27H30O9. The van der Waals surface area contributed by atoms with Crippen molar-refractivity contribution in [3.05, 3.63) is 70.8 Å². The smallest absolute Gasteiger partial charge is 0.338 e.